The van der Waals surface area contributed by atoms with E-state index in [4.69, 9.17) is 0 Å². The molecular weight excluding hydrogens is 677 g/mol. The Morgan fingerprint density at radius 2 is 0.791 bits per heavy atom. The van der Waals surface area contributed by atoms with Gasteiger partial charge in [0.25, 0.3) is 0 Å². The molecule has 0 atom stereocenters. The Kier molecular flexibility index (Phi) is 6.40. The Labute approximate surface area is 282 Å². The van der Waals surface area contributed by atoms with E-state index in [0.717, 1.165) is 0 Å². The molecule has 0 saturated heterocycles. The zero-order chi connectivity index (χ0) is 29.3. The lowest BCUT2D eigenvalue weighted by Gasteiger charge is -1.99. The molecule has 0 N–H and O–H groups in total. The summed E-state index contributed by atoms with van der Waals surface area (Å²) in [4.78, 5) is 10.1. The van der Waals surface area contributed by atoms with E-state index in [1.807, 2.05) is 90.7 Å². The summed E-state index contributed by atoms with van der Waals surface area (Å²) in [7, 11) is 0. The van der Waals surface area contributed by atoms with E-state index in [1.54, 1.807) is 0 Å². The summed E-state index contributed by atoms with van der Waals surface area (Å²) >= 11 is 15.9. The van der Waals surface area contributed by atoms with E-state index in [-0.39, 0.29) is 0 Å². The summed E-state index contributed by atoms with van der Waals surface area (Å²) in [6.45, 7) is 13.8. The first kappa shape index (κ1) is 27.7. The number of rotatable bonds is 5. The van der Waals surface area contributed by atoms with Gasteiger partial charge in [-0.25, -0.2) is 0 Å². The van der Waals surface area contributed by atoms with Gasteiger partial charge in [-0.1, -0.05) is 41.5 Å². The second kappa shape index (κ2) is 9.94. The molecule has 0 bridgehead atoms. The van der Waals surface area contributed by atoms with Crippen molar-refractivity contribution in [1.29, 1.82) is 0 Å². The van der Waals surface area contributed by atoms with Crippen molar-refractivity contribution in [2.75, 3.05) is 0 Å². The van der Waals surface area contributed by atoms with Gasteiger partial charge < -0.3 is 0 Å². The number of hydrogen-bond acceptors (Lipinski definition) is 8. The topological polar surface area (TPSA) is 0 Å². The second-order valence-corrected chi connectivity index (χ2v) is 20.9. The summed E-state index contributed by atoms with van der Waals surface area (Å²) in [5, 5.41) is 4.39. The number of benzene rings is 1. The van der Waals surface area contributed by atoms with Crippen LogP contribution in [0.2, 0.25) is 0 Å². The summed E-state index contributed by atoms with van der Waals surface area (Å²) in [6, 6.07) is 17.2. The van der Waals surface area contributed by atoms with Crippen LogP contribution < -0.4 is 0 Å². The van der Waals surface area contributed by atoms with Crippen LogP contribution in [-0.2, 0) is 0 Å². The van der Waals surface area contributed by atoms with Gasteiger partial charge in [0.05, 0.1) is 14.1 Å². The molecule has 0 aliphatic rings. The maximum absolute atomic E-state index is 2.52. The van der Waals surface area contributed by atoms with Crippen molar-refractivity contribution in [2.24, 2.45) is 0 Å². The van der Waals surface area contributed by atoms with Gasteiger partial charge in [0.1, 0.15) is 0 Å². The summed E-state index contributed by atoms with van der Waals surface area (Å²) < 4.78 is 13.1. The van der Waals surface area contributed by atoms with Gasteiger partial charge in [-0.3, -0.25) is 0 Å². The van der Waals surface area contributed by atoms with Gasteiger partial charge in [-0.15, -0.1) is 90.7 Å². The normalized spacial score (nSPS) is 13.0. The van der Waals surface area contributed by atoms with Crippen LogP contribution in [0.5, 0.6) is 0 Å². The first-order chi connectivity index (χ1) is 20.7. The quantitative estimate of drug-likeness (QED) is 0.167. The van der Waals surface area contributed by atoms with Gasteiger partial charge in [0.15, 0.2) is 0 Å². The van der Waals surface area contributed by atoms with Gasteiger partial charge in [0, 0.05) is 78.5 Å². The molecule has 43 heavy (non-hydrogen) atoms. The van der Waals surface area contributed by atoms with Crippen molar-refractivity contribution < 1.29 is 0 Å². The van der Waals surface area contributed by atoms with Gasteiger partial charge in [-0.05, 0) is 60.2 Å². The highest BCUT2D eigenvalue weighted by Crippen LogP contribution is 2.55. The molecule has 0 saturated carbocycles. The van der Waals surface area contributed by atoms with E-state index in [0.29, 0.717) is 17.8 Å². The predicted octanol–water partition coefficient (Wildman–Crippen LogP) is 15.8. The van der Waals surface area contributed by atoms with E-state index in [9.17, 15) is 0 Å². The molecular formula is C35H28S8. The predicted molar refractivity (Wildman–Crippen MR) is 208 cm³/mol. The van der Waals surface area contributed by atoms with Crippen LogP contribution >= 0.6 is 90.7 Å². The molecule has 0 aliphatic heterocycles. The molecule has 9 rings (SSSR count). The smallest absolute Gasteiger partial charge is 0.0542 e. The first-order valence-electron chi connectivity index (χ1n) is 14.6. The molecule has 0 amide bonds. The van der Waals surface area contributed by atoms with Crippen molar-refractivity contribution in [3.8, 4) is 19.5 Å². The van der Waals surface area contributed by atoms with Crippen LogP contribution in [-0.4, -0.2) is 0 Å². The minimum absolute atomic E-state index is 0.559. The molecule has 0 spiro atoms. The van der Waals surface area contributed by atoms with Crippen molar-refractivity contribution >= 4 is 149 Å². The Hall–Kier alpha value is -1.62. The Balaban J connectivity index is 1.29. The first-order valence-corrected chi connectivity index (χ1v) is 21.2. The molecule has 8 heteroatoms. The average Bonchev–Trinajstić information content (AvgIpc) is 3.77. The van der Waals surface area contributed by atoms with Crippen LogP contribution in [0.1, 0.15) is 73.9 Å². The third-order valence-corrected chi connectivity index (χ3v) is 19.0. The summed E-state index contributed by atoms with van der Waals surface area (Å²) in [6.07, 6.45) is 0. The van der Waals surface area contributed by atoms with Crippen LogP contribution in [0, 0.1) is 0 Å². The fourth-order valence-electron chi connectivity index (χ4n) is 5.86. The second-order valence-electron chi connectivity index (χ2n) is 12.3. The van der Waals surface area contributed by atoms with Gasteiger partial charge in [0.2, 0.25) is 0 Å². The molecule has 8 heterocycles. The maximum atomic E-state index is 2.52. The zero-order valence-electron chi connectivity index (χ0n) is 24.5. The van der Waals surface area contributed by atoms with E-state index in [1.165, 1.54) is 92.6 Å². The van der Waals surface area contributed by atoms with Crippen molar-refractivity contribution in [2.45, 2.75) is 59.3 Å². The fraction of sp³-hybridized carbons (Fsp3) is 0.257. The molecule has 0 nitrogen and oxygen atoms in total. The number of thiophene rings is 8. The Morgan fingerprint density at radius 3 is 1.33 bits per heavy atom. The van der Waals surface area contributed by atoms with Crippen LogP contribution in [0.25, 0.3) is 78.0 Å². The largest absolute Gasteiger partial charge is 0.139 e. The summed E-state index contributed by atoms with van der Waals surface area (Å²) in [5.41, 5.74) is 0. The Bertz CT molecular complexity index is 2430. The van der Waals surface area contributed by atoms with E-state index < -0.39 is 0 Å². The van der Waals surface area contributed by atoms with Crippen molar-refractivity contribution in [3.63, 3.8) is 0 Å². The molecule has 0 aliphatic carbocycles. The minimum Gasteiger partial charge on any atom is -0.139 e. The van der Waals surface area contributed by atoms with E-state index in [2.05, 4.69) is 84.0 Å². The highest BCUT2D eigenvalue weighted by Gasteiger charge is 2.23. The van der Waals surface area contributed by atoms with Crippen LogP contribution in [0.15, 0.2) is 42.5 Å². The number of hydrogen-bond donors (Lipinski definition) is 0. The minimum atomic E-state index is 0.559. The van der Waals surface area contributed by atoms with Crippen molar-refractivity contribution in [3.05, 3.63) is 57.1 Å². The molecule has 0 unspecified atom stereocenters. The molecule has 0 radical (unpaired) electrons. The monoisotopic (exact) mass is 704 g/mol. The highest BCUT2D eigenvalue weighted by molar-refractivity contribution is 7.37. The fourth-order valence-corrected chi connectivity index (χ4v) is 16.1. The van der Waals surface area contributed by atoms with Crippen molar-refractivity contribution in [1.82, 2.24) is 0 Å². The lowest BCUT2D eigenvalue weighted by Crippen LogP contribution is -1.77. The lowest BCUT2D eigenvalue weighted by molar-refractivity contribution is 0.890. The molecule has 1 aromatic carbocycles. The summed E-state index contributed by atoms with van der Waals surface area (Å²) in [5.74, 6) is 1.74. The number of fused-ring (bicyclic) bond motifs is 10. The average molecular weight is 705 g/mol. The molecule has 8 aromatic heterocycles. The molecule has 216 valence electrons. The van der Waals surface area contributed by atoms with Gasteiger partial charge in [-0.2, -0.15) is 0 Å². The van der Waals surface area contributed by atoms with Crippen LogP contribution in [0.4, 0.5) is 0 Å². The lowest BCUT2D eigenvalue weighted by atomic mass is 10.1. The molecule has 9 aromatic rings. The standard InChI is InChI=1S/C35H28S8/c1-14(2)19-9-24-28(36-19)12-26(38-24)22-7-17-31-32(43-30-11-21(16(5)6)40-35(30)31)18-8-23(42-34(18)33(17)41-22)27-13-29-25(39-27)10-20(37-29)15(3)4/h7-16H,1-6H3. The SMILES string of the molecule is CC(C)c1cc2sc(-c3cc4c(s3)c3sc(-c5cc6sc(C(C)C)cc6s5)cc3c3c5sc(C(C)C)cc5sc43)cc2s1. The zero-order valence-corrected chi connectivity index (χ0v) is 31.1. The third kappa shape index (κ3) is 4.24. The van der Waals surface area contributed by atoms with Gasteiger partial charge >= 0.3 is 0 Å². The maximum Gasteiger partial charge on any atom is 0.0542 e. The van der Waals surface area contributed by atoms with Crippen LogP contribution in [0.3, 0.4) is 0 Å². The molecule has 0 fully saturated rings. The van der Waals surface area contributed by atoms with E-state index >= 15 is 0 Å². The highest BCUT2D eigenvalue weighted by atomic mass is 32.1. The Morgan fingerprint density at radius 1 is 0.349 bits per heavy atom. The third-order valence-electron chi connectivity index (χ3n) is 8.21.